The molecule has 25 heavy (non-hydrogen) atoms. The number of hydrogen-bond donors (Lipinski definition) is 0. The Morgan fingerprint density at radius 2 is 1.76 bits per heavy atom. The SMILES string of the molecule is CC(C)OCCCCCn1cc(COCCOCCC(C)(C)C)nn1. The van der Waals surface area contributed by atoms with Crippen LogP contribution in [0.15, 0.2) is 6.20 Å². The summed E-state index contributed by atoms with van der Waals surface area (Å²) in [4.78, 5) is 0. The quantitative estimate of drug-likeness (QED) is 0.475. The summed E-state index contributed by atoms with van der Waals surface area (Å²) in [6.07, 6.45) is 6.67. The van der Waals surface area contributed by atoms with Crippen LogP contribution in [-0.4, -0.2) is 47.5 Å². The lowest BCUT2D eigenvalue weighted by atomic mass is 9.93. The average molecular weight is 356 g/mol. The van der Waals surface area contributed by atoms with Crippen LogP contribution in [0.2, 0.25) is 0 Å². The van der Waals surface area contributed by atoms with Crippen molar-refractivity contribution in [2.45, 2.75) is 79.6 Å². The summed E-state index contributed by atoms with van der Waals surface area (Å²) in [6.45, 7) is 15.0. The third-order valence-electron chi connectivity index (χ3n) is 3.69. The molecule has 0 spiro atoms. The molecule has 0 fully saturated rings. The first-order valence-corrected chi connectivity index (χ1v) is 9.53. The van der Waals surface area contributed by atoms with Crippen molar-refractivity contribution in [3.63, 3.8) is 0 Å². The van der Waals surface area contributed by atoms with Crippen molar-refractivity contribution in [1.82, 2.24) is 15.0 Å². The number of aryl methyl sites for hydroxylation is 1. The maximum absolute atomic E-state index is 5.59. The minimum atomic E-state index is 0.320. The van der Waals surface area contributed by atoms with Crippen LogP contribution in [0.1, 0.15) is 66.0 Å². The molecule has 1 aromatic heterocycles. The van der Waals surface area contributed by atoms with Gasteiger partial charge in [-0.05, 0) is 44.9 Å². The van der Waals surface area contributed by atoms with Crippen molar-refractivity contribution in [2.75, 3.05) is 26.4 Å². The lowest BCUT2D eigenvalue weighted by Crippen LogP contribution is -2.12. The zero-order valence-corrected chi connectivity index (χ0v) is 16.8. The molecule has 0 N–H and O–H groups in total. The minimum absolute atomic E-state index is 0.320. The Kier molecular flexibility index (Phi) is 10.9. The Hall–Kier alpha value is -0.980. The zero-order valence-electron chi connectivity index (χ0n) is 16.8. The normalized spacial score (nSPS) is 12.2. The van der Waals surface area contributed by atoms with Crippen molar-refractivity contribution >= 4 is 0 Å². The van der Waals surface area contributed by atoms with Crippen molar-refractivity contribution in [3.05, 3.63) is 11.9 Å². The molecule has 0 amide bonds. The van der Waals surface area contributed by atoms with Gasteiger partial charge in [-0.2, -0.15) is 0 Å². The van der Waals surface area contributed by atoms with Crippen LogP contribution in [0.3, 0.4) is 0 Å². The molecule has 0 aliphatic rings. The van der Waals surface area contributed by atoms with Gasteiger partial charge in [0.1, 0.15) is 5.69 Å². The van der Waals surface area contributed by atoms with Crippen molar-refractivity contribution in [1.29, 1.82) is 0 Å². The zero-order chi connectivity index (χ0) is 18.5. The van der Waals surface area contributed by atoms with Gasteiger partial charge in [-0.25, -0.2) is 0 Å². The second-order valence-corrected chi connectivity index (χ2v) is 7.93. The maximum atomic E-state index is 5.59. The van der Waals surface area contributed by atoms with Crippen molar-refractivity contribution < 1.29 is 14.2 Å². The average Bonchev–Trinajstić information content (AvgIpc) is 2.96. The van der Waals surface area contributed by atoms with E-state index >= 15 is 0 Å². The van der Waals surface area contributed by atoms with Crippen LogP contribution >= 0.6 is 0 Å². The van der Waals surface area contributed by atoms with E-state index in [0.717, 1.165) is 51.1 Å². The highest BCUT2D eigenvalue weighted by Crippen LogP contribution is 2.17. The molecule has 1 aromatic rings. The van der Waals surface area contributed by atoms with Gasteiger partial charge in [-0.15, -0.1) is 5.10 Å². The number of rotatable bonds is 14. The molecule has 0 radical (unpaired) electrons. The maximum Gasteiger partial charge on any atom is 0.108 e. The molecule has 6 nitrogen and oxygen atoms in total. The molecule has 0 aliphatic heterocycles. The Morgan fingerprint density at radius 3 is 2.48 bits per heavy atom. The summed E-state index contributed by atoms with van der Waals surface area (Å²) in [7, 11) is 0. The van der Waals surface area contributed by atoms with E-state index in [1.165, 1.54) is 0 Å². The lowest BCUT2D eigenvalue weighted by Gasteiger charge is -2.17. The molecule has 6 heteroatoms. The highest BCUT2D eigenvalue weighted by molar-refractivity contribution is 4.89. The highest BCUT2D eigenvalue weighted by atomic mass is 16.5. The largest absolute Gasteiger partial charge is 0.379 e. The molecular weight excluding hydrogens is 318 g/mol. The highest BCUT2D eigenvalue weighted by Gasteiger charge is 2.09. The van der Waals surface area contributed by atoms with Crippen LogP contribution in [0.25, 0.3) is 0 Å². The molecule has 146 valence electrons. The summed E-state index contributed by atoms with van der Waals surface area (Å²) in [5, 5.41) is 8.28. The van der Waals surface area contributed by atoms with Crippen LogP contribution in [0, 0.1) is 5.41 Å². The molecule has 1 rings (SSSR count). The lowest BCUT2D eigenvalue weighted by molar-refractivity contribution is 0.0315. The number of aromatic nitrogens is 3. The van der Waals surface area contributed by atoms with Crippen molar-refractivity contribution in [2.24, 2.45) is 5.41 Å². The molecule has 1 heterocycles. The number of unbranched alkanes of at least 4 members (excludes halogenated alkanes) is 2. The first-order valence-electron chi connectivity index (χ1n) is 9.53. The van der Waals surface area contributed by atoms with Crippen LogP contribution in [-0.2, 0) is 27.4 Å². The minimum Gasteiger partial charge on any atom is -0.379 e. The number of ether oxygens (including phenoxy) is 3. The predicted molar refractivity (Wildman–Crippen MR) is 99.5 cm³/mol. The van der Waals surface area contributed by atoms with Gasteiger partial charge in [0.15, 0.2) is 0 Å². The molecule has 0 atom stereocenters. The van der Waals surface area contributed by atoms with E-state index in [4.69, 9.17) is 14.2 Å². The van der Waals surface area contributed by atoms with E-state index < -0.39 is 0 Å². The van der Waals surface area contributed by atoms with Crippen LogP contribution < -0.4 is 0 Å². The van der Waals surface area contributed by atoms with E-state index in [0.29, 0.717) is 31.3 Å². The third-order valence-corrected chi connectivity index (χ3v) is 3.69. The van der Waals surface area contributed by atoms with E-state index in [1.807, 2.05) is 10.9 Å². The van der Waals surface area contributed by atoms with E-state index in [2.05, 4.69) is 44.9 Å². The Morgan fingerprint density at radius 1 is 1.00 bits per heavy atom. The van der Waals surface area contributed by atoms with E-state index in [9.17, 15) is 0 Å². The van der Waals surface area contributed by atoms with E-state index in [1.54, 1.807) is 0 Å². The summed E-state index contributed by atoms with van der Waals surface area (Å²) in [5.41, 5.74) is 1.19. The number of hydrogen-bond acceptors (Lipinski definition) is 5. The van der Waals surface area contributed by atoms with Crippen LogP contribution in [0.5, 0.6) is 0 Å². The third kappa shape index (κ3) is 13.0. The van der Waals surface area contributed by atoms with Gasteiger partial charge in [0, 0.05) is 19.8 Å². The molecule has 0 saturated heterocycles. The van der Waals surface area contributed by atoms with Gasteiger partial charge < -0.3 is 14.2 Å². The van der Waals surface area contributed by atoms with Gasteiger partial charge in [0.25, 0.3) is 0 Å². The Balaban J connectivity index is 2.00. The molecule has 0 saturated carbocycles. The second-order valence-electron chi connectivity index (χ2n) is 7.93. The molecule has 0 unspecified atom stereocenters. The van der Waals surface area contributed by atoms with Gasteiger partial charge in [-0.1, -0.05) is 26.0 Å². The fourth-order valence-corrected chi connectivity index (χ4v) is 2.16. The van der Waals surface area contributed by atoms with Gasteiger partial charge in [0.2, 0.25) is 0 Å². The summed E-state index contributed by atoms with van der Waals surface area (Å²) in [6, 6.07) is 0. The summed E-state index contributed by atoms with van der Waals surface area (Å²) in [5.74, 6) is 0. The topological polar surface area (TPSA) is 58.4 Å². The fourth-order valence-electron chi connectivity index (χ4n) is 2.16. The summed E-state index contributed by atoms with van der Waals surface area (Å²) < 4.78 is 18.6. The Bertz CT molecular complexity index is 441. The van der Waals surface area contributed by atoms with Gasteiger partial charge in [-0.3, -0.25) is 4.68 Å². The first-order chi connectivity index (χ1) is 11.9. The van der Waals surface area contributed by atoms with Gasteiger partial charge in [0.05, 0.1) is 32.1 Å². The van der Waals surface area contributed by atoms with Crippen LogP contribution in [0.4, 0.5) is 0 Å². The number of nitrogens with zero attached hydrogens (tertiary/aromatic N) is 3. The molecule has 0 aliphatic carbocycles. The molecule has 0 aromatic carbocycles. The van der Waals surface area contributed by atoms with Crippen molar-refractivity contribution in [3.8, 4) is 0 Å². The van der Waals surface area contributed by atoms with E-state index in [-0.39, 0.29) is 0 Å². The smallest absolute Gasteiger partial charge is 0.108 e. The Labute approximate surface area is 153 Å². The molecule has 0 bridgehead atoms. The standard InChI is InChI=1S/C19H37N3O3/c1-17(2)25-11-8-6-7-10-22-15-18(20-21-22)16-24-14-13-23-12-9-19(3,4)5/h15,17H,6-14,16H2,1-5H3. The summed E-state index contributed by atoms with van der Waals surface area (Å²) >= 11 is 0. The second kappa shape index (κ2) is 12.4. The molecular formula is C19H37N3O3. The first kappa shape index (κ1) is 22.1. The fraction of sp³-hybridized carbons (Fsp3) is 0.895. The monoisotopic (exact) mass is 355 g/mol. The predicted octanol–water partition coefficient (Wildman–Crippen LogP) is 3.84. The van der Waals surface area contributed by atoms with Gasteiger partial charge >= 0.3 is 0 Å².